The van der Waals surface area contributed by atoms with Gasteiger partial charge < -0.3 is 20.1 Å². The lowest BCUT2D eigenvalue weighted by Crippen LogP contribution is -2.30. The highest BCUT2D eigenvalue weighted by Crippen LogP contribution is 2.27. The van der Waals surface area contributed by atoms with Crippen LogP contribution in [0.1, 0.15) is 29.8 Å². The quantitative estimate of drug-likeness (QED) is 0.764. The molecular weight excluding hydrogens is 320 g/mol. The van der Waals surface area contributed by atoms with Crippen molar-refractivity contribution >= 4 is 11.9 Å². The second kappa shape index (κ2) is 8.86. The van der Waals surface area contributed by atoms with E-state index < -0.39 is 0 Å². The molecule has 7 heteroatoms. The van der Waals surface area contributed by atoms with Gasteiger partial charge in [0.2, 0.25) is 5.95 Å². The van der Waals surface area contributed by atoms with Crippen LogP contribution in [0.15, 0.2) is 30.6 Å². The summed E-state index contributed by atoms with van der Waals surface area (Å²) in [4.78, 5) is 20.2. The number of nitrogens with one attached hydrogen (secondary N) is 2. The lowest BCUT2D eigenvalue weighted by molar-refractivity contribution is 0.0942. The second-order valence-electron chi connectivity index (χ2n) is 5.79. The molecule has 2 rings (SSSR count). The van der Waals surface area contributed by atoms with Gasteiger partial charge in [0.05, 0.1) is 19.8 Å². The second-order valence-corrected chi connectivity index (χ2v) is 5.79. The first-order valence-electron chi connectivity index (χ1n) is 8.11. The van der Waals surface area contributed by atoms with Gasteiger partial charge in [-0.1, -0.05) is 6.07 Å². The Morgan fingerprint density at radius 2 is 1.80 bits per heavy atom. The molecule has 0 saturated carbocycles. The van der Waals surface area contributed by atoms with Gasteiger partial charge in [-0.2, -0.15) is 0 Å². The summed E-state index contributed by atoms with van der Waals surface area (Å²) in [6, 6.07) is 5.89. The Kier molecular flexibility index (Phi) is 6.56. The maximum absolute atomic E-state index is 11.8. The van der Waals surface area contributed by atoms with Crippen molar-refractivity contribution in [1.82, 2.24) is 15.3 Å². The van der Waals surface area contributed by atoms with Crippen molar-refractivity contribution in [3.8, 4) is 11.5 Å². The minimum absolute atomic E-state index is 0.0757. The third-order valence-corrected chi connectivity index (χ3v) is 3.48. The number of aromatic nitrogens is 2. The number of benzene rings is 1. The van der Waals surface area contributed by atoms with E-state index >= 15 is 0 Å². The predicted octanol–water partition coefficient (Wildman–Crippen LogP) is 2.29. The van der Waals surface area contributed by atoms with Gasteiger partial charge in [0.1, 0.15) is 0 Å². The summed E-state index contributed by atoms with van der Waals surface area (Å²) < 4.78 is 10.5. The van der Waals surface area contributed by atoms with E-state index in [-0.39, 0.29) is 11.9 Å². The highest BCUT2D eigenvalue weighted by molar-refractivity contribution is 5.93. The van der Waals surface area contributed by atoms with Crippen molar-refractivity contribution in [1.29, 1.82) is 0 Å². The molecule has 1 aromatic carbocycles. The number of anilines is 1. The van der Waals surface area contributed by atoms with E-state index in [0.29, 0.717) is 29.6 Å². The van der Waals surface area contributed by atoms with Crippen LogP contribution in [0.2, 0.25) is 0 Å². The average molecular weight is 344 g/mol. The molecule has 0 fully saturated rings. The predicted molar refractivity (Wildman–Crippen MR) is 96.4 cm³/mol. The standard InChI is InChI=1S/C18H24N4O3/c1-12(2)22-17(23)14-10-20-18(21-11-14)19-8-7-13-5-6-15(24-3)16(9-13)25-4/h5-6,9-12H,7-8H2,1-4H3,(H,22,23)(H,19,20,21). The van der Waals surface area contributed by atoms with Crippen molar-refractivity contribution in [2.45, 2.75) is 26.3 Å². The maximum atomic E-state index is 11.8. The van der Waals surface area contributed by atoms with Crippen molar-refractivity contribution in [2.75, 3.05) is 26.1 Å². The molecule has 1 amide bonds. The normalized spacial score (nSPS) is 10.4. The van der Waals surface area contributed by atoms with Crippen LogP contribution >= 0.6 is 0 Å². The molecule has 0 saturated heterocycles. The zero-order chi connectivity index (χ0) is 18.2. The summed E-state index contributed by atoms with van der Waals surface area (Å²) in [5.41, 5.74) is 1.55. The monoisotopic (exact) mass is 344 g/mol. The number of hydrogen-bond acceptors (Lipinski definition) is 6. The molecule has 2 aromatic rings. The highest BCUT2D eigenvalue weighted by atomic mass is 16.5. The number of carbonyl (C=O) groups excluding carboxylic acids is 1. The van der Waals surface area contributed by atoms with Crippen LogP contribution in [-0.4, -0.2) is 42.7 Å². The van der Waals surface area contributed by atoms with Gasteiger partial charge in [-0.15, -0.1) is 0 Å². The molecule has 0 radical (unpaired) electrons. The molecule has 0 spiro atoms. The fourth-order valence-corrected chi connectivity index (χ4v) is 2.24. The van der Waals surface area contributed by atoms with Crippen molar-refractivity contribution in [3.63, 3.8) is 0 Å². The number of methoxy groups -OCH3 is 2. The summed E-state index contributed by atoms with van der Waals surface area (Å²) in [5, 5.41) is 5.94. The summed E-state index contributed by atoms with van der Waals surface area (Å²) in [7, 11) is 3.23. The summed E-state index contributed by atoms with van der Waals surface area (Å²) in [5.74, 6) is 1.73. The minimum Gasteiger partial charge on any atom is -0.493 e. The number of rotatable bonds is 8. The molecule has 0 bridgehead atoms. The van der Waals surface area contributed by atoms with E-state index in [9.17, 15) is 4.79 Å². The van der Waals surface area contributed by atoms with E-state index in [2.05, 4.69) is 20.6 Å². The third kappa shape index (κ3) is 5.34. The van der Waals surface area contributed by atoms with Gasteiger partial charge in [0, 0.05) is 25.0 Å². The van der Waals surface area contributed by atoms with E-state index in [1.165, 1.54) is 12.4 Å². The molecule has 0 aliphatic rings. The fraction of sp³-hybridized carbons (Fsp3) is 0.389. The number of carbonyl (C=O) groups is 1. The Morgan fingerprint density at radius 3 is 2.40 bits per heavy atom. The Labute approximate surface area is 147 Å². The third-order valence-electron chi connectivity index (χ3n) is 3.48. The van der Waals surface area contributed by atoms with Gasteiger partial charge in [0.25, 0.3) is 5.91 Å². The van der Waals surface area contributed by atoms with Crippen LogP contribution in [0, 0.1) is 0 Å². The molecule has 25 heavy (non-hydrogen) atoms. The van der Waals surface area contributed by atoms with E-state index in [1.807, 2.05) is 32.0 Å². The SMILES string of the molecule is COc1ccc(CCNc2ncc(C(=O)NC(C)C)cn2)cc1OC. The number of nitrogens with zero attached hydrogens (tertiary/aromatic N) is 2. The molecular formula is C18H24N4O3. The maximum Gasteiger partial charge on any atom is 0.254 e. The molecule has 134 valence electrons. The number of amides is 1. The molecule has 1 aromatic heterocycles. The van der Waals surface area contributed by atoms with Crippen LogP contribution in [0.25, 0.3) is 0 Å². The minimum atomic E-state index is -0.174. The van der Waals surface area contributed by atoms with E-state index in [1.54, 1.807) is 14.2 Å². The summed E-state index contributed by atoms with van der Waals surface area (Å²) >= 11 is 0. The topological polar surface area (TPSA) is 85.4 Å². The van der Waals surface area contributed by atoms with Gasteiger partial charge in [0.15, 0.2) is 11.5 Å². The van der Waals surface area contributed by atoms with Crippen LogP contribution < -0.4 is 20.1 Å². The Balaban J connectivity index is 1.88. The van der Waals surface area contributed by atoms with Crippen molar-refractivity contribution < 1.29 is 14.3 Å². The summed E-state index contributed by atoms with van der Waals surface area (Å²) in [6.07, 6.45) is 3.81. The average Bonchev–Trinajstić information content (AvgIpc) is 2.61. The number of hydrogen-bond donors (Lipinski definition) is 2. The fourth-order valence-electron chi connectivity index (χ4n) is 2.24. The van der Waals surface area contributed by atoms with E-state index in [0.717, 1.165) is 12.0 Å². The molecule has 7 nitrogen and oxygen atoms in total. The Bertz CT molecular complexity index is 702. The van der Waals surface area contributed by atoms with Crippen LogP contribution in [-0.2, 0) is 6.42 Å². The first-order valence-corrected chi connectivity index (χ1v) is 8.11. The van der Waals surface area contributed by atoms with Crippen LogP contribution in [0.4, 0.5) is 5.95 Å². The lowest BCUT2D eigenvalue weighted by Gasteiger charge is -2.10. The molecule has 0 unspecified atom stereocenters. The molecule has 0 atom stereocenters. The lowest BCUT2D eigenvalue weighted by atomic mass is 10.1. The molecule has 0 aliphatic carbocycles. The largest absolute Gasteiger partial charge is 0.493 e. The van der Waals surface area contributed by atoms with Gasteiger partial charge in [-0.25, -0.2) is 9.97 Å². The zero-order valence-corrected chi connectivity index (χ0v) is 15.0. The Morgan fingerprint density at radius 1 is 1.12 bits per heavy atom. The van der Waals surface area contributed by atoms with Crippen molar-refractivity contribution in [2.24, 2.45) is 0 Å². The smallest absolute Gasteiger partial charge is 0.254 e. The van der Waals surface area contributed by atoms with Gasteiger partial charge in [-0.3, -0.25) is 4.79 Å². The molecule has 0 aliphatic heterocycles. The van der Waals surface area contributed by atoms with E-state index in [4.69, 9.17) is 9.47 Å². The highest BCUT2D eigenvalue weighted by Gasteiger charge is 2.08. The molecule has 2 N–H and O–H groups in total. The van der Waals surface area contributed by atoms with Crippen LogP contribution in [0.3, 0.4) is 0 Å². The van der Waals surface area contributed by atoms with Gasteiger partial charge >= 0.3 is 0 Å². The molecule has 1 heterocycles. The number of ether oxygens (including phenoxy) is 2. The Hall–Kier alpha value is -2.83. The van der Waals surface area contributed by atoms with Gasteiger partial charge in [-0.05, 0) is 38.0 Å². The first kappa shape index (κ1) is 18.5. The first-order chi connectivity index (χ1) is 12.0. The van der Waals surface area contributed by atoms with Crippen molar-refractivity contribution in [3.05, 3.63) is 41.7 Å². The zero-order valence-electron chi connectivity index (χ0n) is 15.0. The van der Waals surface area contributed by atoms with Crippen LogP contribution in [0.5, 0.6) is 11.5 Å². The summed E-state index contributed by atoms with van der Waals surface area (Å²) in [6.45, 7) is 4.47.